The maximum Gasteiger partial charge on any atom is 0.188 e. The van der Waals surface area contributed by atoms with Gasteiger partial charge in [-0.25, -0.2) is 9.97 Å². The van der Waals surface area contributed by atoms with Crippen LogP contribution in [0.2, 0.25) is 0 Å². The summed E-state index contributed by atoms with van der Waals surface area (Å²) in [4.78, 5) is 8.39. The summed E-state index contributed by atoms with van der Waals surface area (Å²) in [6, 6.07) is 1.96. The van der Waals surface area contributed by atoms with Gasteiger partial charge in [0, 0.05) is 5.69 Å². The Labute approximate surface area is 78.0 Å². The minimum Gasteiger partial charge on any atom is -0.228 e. The van der Waals surface area contributed by atoms with E-state index < -0.39 is 0 Å². The van der Waals surface area contributed by atoms with Crippen LogP contribution in [0.4, 0.5) is 0 Å². The lowest BCUT2D eigenvalue weighted by atomic mass is 10.5. The van der Waals surface area contributed by atoms with Gasteiger partial charge in [0.2, 0.25) is 0 Å². The summed E-state index contributed by atoms with van der Waals surface area (Å²) in [5, 5.41) is 0.851. The second-order valence-electron chi connectivity index (χ2n) is 1.82. The van der Waals surface area contributed by atoms with Crippen LogP contribution in [0.5, 0.6) is 0 Å². The largest absolute Gasteiger partial charge is 0.228 e. The molecule has 0 aromatic carbocycles. The number of hydrogen-bond donors (Lipinski definition) is 0. The molecule has 0 fully saturated rings. The van der Waals surface area contributed by atoms with Gasteiger partial charge in [-0.3, -0.25) is 0 Å². The number of nitrogens with zero attached hydrogens (tertiary/aromatic N) is 2. The van der Waals surface area contributed by atoms with Gasteiger partial charge in [-0.1, -0.05) is 11.8 Å². The average Bonchev–Trinajstić information content (AvgIpc) is 1.85. The van der Waals surface area contributed by atoms with Crippen LogP contribution in [0.3, 0.4) is 0 Å². The fraction of sp³-hybridized carbons (Fsp3) is 0.333. The average molecular weight is 266 g/mol. The molecule has 0 saturated heterocycles. The number of aryl methyl sites for hydroxylation is 1. The second-order valence-corrected chi connectivity index (χ2v) is 3.70. The molecule has 10 heavy (non-hydrogen) atoms. The molecule has 0 amide bonds. The van der Waals surface area contributed by atoms with E-state index in [1.165, 1.54) is 0 Å². The summed E-state index contributed by atoms with van der Waals surface area (Å²) in [5.41, 5.74) is 1.03. The normalized spacial score (nSPS) is 9.90. The third kappa shape index (κ3) is 2.09. The van der Waals surface area contributed by atoms with E-state index in [2.05, 4.69) is 32.6 Å². The summed E-state index contributed by atoms with van der Waals surface area (Å²) >= 11 is 3.76. The first-order valence-electron chi connectivity index (χ1n) is 2.77. The SMILES string of the molecule is CSc1nc(C)cc(I)n1. The van der Waals surface area contributed by atoms with Gasteiger partial charge in [-0.15, -0.1) is 0 Å². The number of aromatic nitrogens is 2. The van der Waals surface area contributed by atoms with Crippen molar-refractivity contribution >= 4 is 34.4 Å². The summed E-state index contributed by atoms with van der Waals surface area (Å²) in [7, 11) is 0. The molecule has 1 aromatic heterocycles. The molecule has 1 heterocycles. The summed E-state index contributed by atoms with van der Waals surface area (Å²) < 4.78 is 1.01. The highest BCUT2D eigenvalue weighted by molar-refractivity contribution is 14.1. The molecular formula is C6H7IN2S. The molecule has 0 bridgehead atoms. The quantitative estimate of drug-likeness (QED) is 0.337. The summed E-state index contributed by atoms with van der Waals surface area (Å²) in [6.45, 7) is 1.98. The fourth-order valence-corrected chi connectivity index (χ4v) is 1.86. The molecule has 0 N–H and O–H groups in total. The molecule has 2 nitrogen and oxygen atoms in total. The van der Waals surface area contributed by atoms with Crippen LogP contribution in [0.15, 0.2) is 11.2 Å². The Balaban J connectivity index is 3.06. The number of thioether (sulfide) groups is 1. The zero-order valence-electron chi connectivity index (χ0n) is 5.76. The van der Waals surface area contributed by atoms with Crippen LogP contribution in [-0.4, -0.2) is 16.2 Å². The van der Waals surface area contributed by atoms with Crippen molar-refractivity contribution in [2.45, 2.75) is 12.1 Å². The van der Waals surface area contributed by atoms with Crippen molar-refractivity contribution < 1.29 is 0 Å². The lowest BCUT2D eigenvalue weighted by Gasteiger charge is -1.96. The number of rotatable bonds is 1. The van der Waals surface area contributed by atoms with Crippen LogP contribution >= 0.6 is 34.4 Å². The van der Waals surface area contributed by atoms with Crippen molar-refractivity contribution in [2.24, 2.45) is 0 Å². The van der Waals surface area contributed by atoms with Crippen LogP contribution in [0, 0.1) is 10.6 Å². The Bertz CT molecular complexity index is 219. The topological polar surface area (TPSA) is 25.8 Å². The summed E-state index contributed by atoms with van der Waals surface area (Å²) in [5.74, 6) is 0. The number of halogens is 1. The van der Waals surface area contributed by atoms with Crippen LogP contribution in [0.25, 0.3) is 0 Å². The molecule has 0 saturated carbocycles. The molecule has 1 aromatic rings. The molecule has 1 rings (SSSR count). The van der Waals surface area contributed by atoms with Crippen LogP contribution in [-0.2, 0) is 0 Å². The van der Waals surface area contributed by atoms with Gasteiger partial charge >= 0.3 is 0 Å². The van der Waals surface area contributed by atoms with Gasteiger partial charge in [0.25, 0.3) is 0 Å². The van der Waals surface area contributed by atoms with Crippen molar-refractivity contribution in [1.29, 1.82) is 0 Å². The Morgan fingerprint density at radius 3 is 2.70 bits per heavy atom. The summed E-state index contributed by atoms with van der Waals surface area (Å²) in [6.07, 6.45) is 1.98. The molecule has 0 spiro atoms. The third-order valence-corrected chi connectivity index (χ3v) is 2.09. The standard InChI is InChI=1S/C6H7IN2S/c1-4-3-5(7)9-6(8-4)10-2/h3H,1-2H3. The Kier molecular flexibility index (Phi) is 2.91. The van der Waals surface area contributed by atoms with E-state index in [1.54, 1.807) is 11.8 Å². The lowest BCUT2D eigenvalue weighted by Crippen LogP contribution is -1.90. The van der Waals surface area contributed by atoms with E-state index in [4.69, 9.17) is 0 Å². The molecule has 4 heteroatoms. The maximum atomic E-state index is 4.20. The van der Waals surface area contributed by atoms with Gasteiger partial charge in [-0.2, -0.15) is 0 Å². The smallest absolute Gasteiger partial charge is 0.188 e. The van der Waals surface area contributed by atoms with Crippen molar-refractivity contribution in [3.63, 3.8) is 0 Å². The van der Waals surface area contributed by atoms with E-state index in [1.807, 2.05) is 19.2 Å². The molecule has 54 valence electrons. The number of hydrogen-bond acceptors (Lipinski definition) is 3. The Morgan fingerprint density at radius 2 is 2.20 bits per heavy atom. The van der Waals surface area contributed by atoms with Crippen molar-refractivity contribution in [3.8, 4) is 0 Å². The fourth-order valence-electron chi connectivity index (χ4n) is 0.595. The zero-order chi connectivity index (χ0) is 7.56. The molecule has 0 aliphatic carbocycles. The van der Waals surface area contributed by atoms with E-state index in [-0.39, 0.29) is 0 Å². The third-order valence-electron chi connectivity index (χ3n) is 0.985. The van der Waals surface area contributed by atoms with Gasteiger partial charge in [0.1, 0.15) is 3.70 Å². The first kappa shape index (κ1) is 8.26. The molecule has 0 aliphatic rings. The molecule has 0 atom stereocenters. The van der Waals surface area contributed by atoms with Gasteiger partial charge < -0.3 is 0 Å². The van der Waals surface area contributed by atoms with Crippen molar-refractivity contribution in [2.75, 3.05) is 6.26 Å². The second kappa shape index (κ2) is 3.52. The van der Waals surface area contributed by atoms with Gasteiger partial charge in [0.05, 0.1) is 0 Å². The first-order chi connectivity index (χ1) is 4.72. The lowest BCUT2D eigenvalue weighted by molar-refractivity contribution is 0.916. The monoisotopic (exact) mass is 266 g/mol. The minimum absolute atomic E-state index is 0.851. The molecule has 0 aliphatic heterocycles. The van der Waals surface area contributed by atoms with Crippen LogP contribution < -0.4 is 0 Å². The van der Waals surface area contributed by atoms with E-state index in [9.17, 15) is 0 Å². The maximum absolute atomic E-state index is 4.20. The molecule has 0 radical (unpaired) electrons. The van der Waals surface area contributed by atoms with Gasteiger partial charge in [0.15, 0.2) is 5.16 Å². The highest BCUT2D eigenvalue weighted by Gasteiger charge is 1.96. The van der Waals surface area contributed by atoms with Gasteiger partial charge in [-0.05, 0) is 41.8 Å². The van der Waals surface area contributed by atoms with Crippen LogP contribution in [0.1, 0.15) is 5.69 Å². The Hall–Kier alpha value is 0.160. The first-order valence-corrected chi connectivity index (χ1v) is 5.08. The van der Waals surface area contributed by atoms with E-state index in [0.717, 1.165) is 14.6 Å². The van der Waals surface area contributed by atoms with Crippen molar-refractivity contribution in [3.05, 3.63) is 15.5 Å². The highest BCUT2D eigenvalue weighted by Crippen LogP contribution is 2.11. The van der Waals surface area contributed by atoms with E-state index in [0.29, 0.717) is 0 Å². The highest BCUT2D eigenvalue weighted by atomic mass is 127. The molecule has 0 unspecified atom stereocenters. The molecular weight excluding hydrogens is 259 g/mol. The van der Waals surface area contributed by atoms with E-state index >= 15 is 0 Å². The predicted octanol–water partition coefficient (Wildman–Crippen LogP) is 2.11. The minimum atomic E-state index is 0.851. The Morgan fingerprint density at radius 1 is 1.50 bits per heavy atom. The van der Waals surface area contributed by atoms with Crippen molar-refractivity contribution in [1.82, 2.24) is 9.97 Å². The predicted molar refractivity (Wildman–Crippen MR) is 51.3 cm³/mol. The zero-order valence-corrected chi connectivity index (χ0v) is 8.73.